The van der Waals surface area contributed by atoms with E-state index in [-0.39, 0.29) is 64.7 Å². The number of hydroxylamine groups is 4. The lowest BCUT2D eigenvalue weighted by atomic mass is 10.2. The van der Waals surface area contributed by atoms with Crippen LogP contribution in [0.25, 0.3) is 0 Å². The number of rotatable bonds is 0. The van der Waals surface area contributed by atoms with E-state index in [9.17, 15) is 39.8 Å². The van der Waals surface area contributed by atoms with E-state index in [2.05, 4.69) is 10.6 Å². The number of hydrogen-bond donors (Lipinski definition) is 6. The van der Waals surface area contributed by atoms with Gasteiger partial charge >= 0.3 is 0 Å². The molecule has 12 heteroatoms. The van der Waals surface area contributed by atoms with E-state index in [0.29, 0.717) is 10.1 Å². The fourth-order valence-corrected chi connectivity index (χ4v) is 2.34. The minimum Gasteiger partial charge on any atom is -0.391 e. The lowest BCUT2D eigenvalue weighted by Crippen LogP contribution is -2.38. The molecule has 1 rings (SSSR count). The molecule has 160 valence electrons. The number of nitrogens with one attached hydrogen (secondary N) is 2. The van der Waals surface area contributed by atoms with Gasteiger partial charge in [-0.2, -0.15) is 0 Å². The normalized spacial score (nSPS) is 25.9. The van der Waals surface area contributed by atoms with Gasteiger partial charge in [-0.15, -0.1) is 0 Å². The molecule has 12 nitrogen and oxygen atoms in total. The van der Waals surface area contributed by atoms with Crippen molar-refractivity contribution in [1.29, 1.82) is 0 Å². The van der Waals surface area contributed by atoms with Crippen LogP contribution in [-0.4, -0.2) is 92.8 Å². The second-order valence-electron chi connectivity index (χ2n) is 6.53. The zero-order valence-corrected chi connectivity index (χ0v) is 15.5. The molecule has 0 aromatic heterocycles. The predicted octanol–water partition coefficient (Wildman–Crippen LogP) is -2.27. The molecule has 0 radical (unpaired) electrons. The zero-order chi connectivity index (χ0) is 21.1. The van der Waals surface area contributed by atoms with Crippen molar-refractivity contribution in [3.05, 3.63) is 0 Å². The first-order valence-electron chi connectivity index (χ1n) is 9.07. The van der Waals surface area contributed by atoms with Crippen LogP contribution in [0.5, 0.6) is 0 Å². The molecule has 0 bridgehead atoms. The maximum atomic E-state index is 11.8. The van der Waals surface area contributed by atoms with Crippen molar-refractivity contribution in [2.45, 2.75) is 50.7 Å². The van der Waals surface area contributed by atoms with Crippen molar-refractivity contribution in [3.63, 3.8) is 0 Å². The van der Waals surface area contributed by atoms with E-state index < -0.39 is 35.8 Å². The standard InChI is InChI=1S/C16H28N4O8/c21-11-6-8-20(28)16(26)4-2-14(24)18-10-12(22)5-7-19(27)15(25)3-1-13(23)17-9-11/h11-12,21-22,27-28H,1-10H2,(H,17,23)(H,18,24)/t11-,12?/m0/s1. The van der Waals surface area contributed by atoms with Crippen LogP contribution in [-0.2, 0) is 19.2 Å². The largest absolute Gasteiger partial charge is 0.391 e. The van der Waals surface area contributed by atoms with Gasteiger partial charge in [0.2, 0.25) is 23.6 Å². The Balaban J connectivity index is 2.64. The fourth-order valence-electron chi connectivity index (χ4n) is 2.34. The maximum Gasteiger partial charge on any atom is 0.246 e. The average molecular weight is 404 g/mol. The van der Waals surface area contributed by atoms with Crippen molar-refractivity contribution in [2.24, 2.45) is 0 Å². The highest BCUT2D eigenvalue weighted by Crippen LogP contribution is 2.02. The number of hydrogen-bond acceptors (Lipinski definition) is 8. The molecule has 1 aliphatic rings. The van der Waals surface area contributed by atoms with E-state index in [0.717, 1.165) is 0 Å². The van der Waals surface area contributed by atoms with Crippen LogP contribution in [0, 0.1) is 0 Å². The minimum atomic E-state index is -1.02. The Hall–Kier alpha value is -2.28. The summed E-state index contributed by atoms with van der Waals surface area (Å²) in [6.45, 7) is -0.638. The molecule has 28 heavy (non-hydrogen) atoms. The smallest absolute Gasteiger partial charge is 0.246 e. The second-order valence-corrected chi connectivity index (χ2v) is 6.53. The summed E-state index contributed by atoms with van der Waals surface area (Å²) >= 11 is 0. The first kappa shape index (κ1) is 23.8. The van der Waals surface area contributed by atoms with E-state index in [1.54, 1.807) is 0 Å². The van der Waals surface area contributed by atoms with Gasteiger partial charge in [-0.1, -0.05) is 0 Å². The molecule has 1 saturated heterocycles. The predicted molar refractivity (Wildman–Crippen MR) is 92.7 cm³/mol. The van der Waals surface area contributed by atoms with Gasteiger partial charge in [-0.3, -0.25) is 29.6 Å². The number of aliphatic hydroxyl groups is 2. The maximum absolute atomic E-state index is 11.8. The van der Waals surface area contributed by atoms with Crippen LogP contribution >= 0.6 is 0 Å². The van der Waals surface area contributed by atoms with E-state index in [4.69, 9.17) is 0 Å². The van der Waals surface area contributed by atoms with Gasteiger partial charge < -0.3 is 20.8 Å². The molecular weight excluding hydrogens is 376 g/mol. The Morgan fingerprint density at radius 1 is 0.679 bits per heavy atom. The molecule has 1 heterocycles. The summed E-state index contributed by atoms with van der Waals surface area (Å²) in [6.07, 6.45) is -2.99. The second kappa shape index (κ2) is 12.2. The molecule has 0 aromatic carbocycles. The van der Waals surface area contributed by atoms with Gasteiger partial charge in [0.1, 0.15) is 0 Å². The number of aliphatic hydroxyl groups excluding tert-OH is 2. The number of carbonyl (C=O) groups excluding carboxylic acids is 4. The van der Waals surface area contributed by atoms with Crippen LogP contribution in [0.4, 0.5) is 0 Å². The monoisotopic (exact) mass is 404 g/mol. The SMILES string of the molecule is O=C1CCC(=O)N(O)CC[C@H](O)CNC(=O)CCC(=O)N(O)CCC(O)CN1. The molecule has 0 saturated carbocycles. The minimum absolute atomic E-state index is 0.00967. The molecule has 1 unspecified atom stereocenters. The molecule has 6 N–H and O–H groups in total. The highest BCUT2D eigenvalue weighted by atomic mass is 16.5. The average Bonchev–Trinajstić information content (AvgIpc) is 2.68. The summed E-state index contributed by atoms with van der Waals surface area (Å²) in [5.74, 6) is -2.41. The Bertz CT molecular complexity index is 511. The fraction of sp³-hybridized carbons (Fsp3) is 0.750. The van der Waals surface area contributed by atoms with Gasteiger partial charge in [0.05, 0.1) is 25.3 Å². The van der Waals surface area contributed by atoms with Crippen molar-refractivity contribution >= 4 is 23.6 Å². The molecule has 0 spiro atoms. The van der Waals surface area contributed by atoms with Gasteiger partial charge in [0.15, 0.2) is 0 Å². The van der Waals surface area contributed by atoms with Gasteiger partial charge in [0, 0.05) is 38.8 Å². The van der Waals surface area contributed by atoms with Crippen LogP contribution in [0.15, 0.2) is 0 Å². The lowest BCUT2D eigenvalue weighted by molar-refractivity contribution is -0.167. The summed E-state index contributed by atoms with van der Waals surface area (Å²) in [5.41, 5.74) is 0. The van der Waals surface area contributed by atoms with Gasteiger partial charge in [-0.05, 0) is 12.8 Å². The first-order chi connectivity index (χ1) is 13.2. The van der Waals surface area contributed by atoms with Crippen LogP contribution in [0.2, 0.25) is 0 Å². The molecule has 0 aliphatic carbocycles. The van der Waals surface area contributed by atoms with Crippen molar-refractivity contribution in [1.82, 2.24) is 20.8 Å². The highest BCUT2D eigenvalue weighted by Gasteiger charge is 2.18. The van der Waals surface area contributed by atoms with Crippen molar-refractivity contribution < 1.29 is 39.8 Å². The Labute approximate surface area is 162 Å². The number of nitrogens with zero attached hydrogens (tertiary/aromatic N) is 2. The highest BCUT2D eigenvalue weighted by molar-refractivity contribution is 5.83. The van der Waals surface area contributed by atoms with Crippen LogP contribution in [0.1, 0.15) is 38.5 Å². The molecule has 1 fully saturated rings. The number of β-amino-alcohol motifs (C(OH)–C–C–N with tert-alkyl or cyclic N) is 2. The first-order valence-corrected chi connectivity index (χ1v) is 9.07. The zero-order valence-electron chi connectivity index (χ0n) is 15.5. The van der Waals surface area contributed by atoms with E-state index in [1.165, 1.54) is 0 Å². The third-order valence-corrected chi connectivity index (χ3v) is 4.13. The Kier molecular flexibility index (Phi) is 10.4. The van der Waals surface area contributed by atoms with Gasteiger partial charge in [-0.25, -0.2) is 10.1 Å². The number of carbonyl (C=O) groups is 4. The summed E-state index contributed by atoms with van der Waals surface area (Å²) in [5, 5.41) is 44.5. The summed E-state index contributed by atoms with van der Waals surface area (Å²) in [6, 6.07) is 0. The van der Waals surface area contributed by atoms with Crippen LogP contribution in [0.3, 0.4) is 0 Å². The molecular formula is C16H28N4O8. The van der Waals surface area contributed by atoms with E-state index >= 15 is 0 Å². The van der Waals surface area contributed by atoms with Crippen molar-refractivity contribution in [2.75, 3.05) is 26.2 Å². The van der Waals surface area contributed by atoms with Crippen molar-refractivity contribution in [3.8, 4) is 0 Å². The topological polar surface area (TPSA) is 180 Å². The quantitative estimate of drug-likeness (QED) is 0.245. The molecule has 2 atom stereocenters. The summed E-state index contributed by atoms with van der Waals surface area (Å²) in [4.78, 5) is 46.9. The van der Waals surface area contributed by atoms with E-state index in [1.807, 2.05) is 0 Å². The van der Waals surface area contributed by atoms with Crippen LogP contribution < -0.4 is 10.6 Å². The summed E-state index contributed by atoms with van der Waals surface area (Å²) in [7, 11) is 0. The molecule has 1 aliphatic heterocycles. The molecule has 4 amide bonds. The Morgan fingerprint density at radius 2 is 1.04 bits per heavy atom. The third-order valence-electron chi connectivity index (χ3n) is 4.13. The number of amides is 4. The Morgan fingerprint density at radius 3 is 1.39 bits per heavy atom. The summed E-state index contributed by atoms with van der Waals surface area (Å²) < 4.78 is 0. The molecule has 0 aromatic rings. The third kappa shape index (κ3) is 9.60. The lowest BCUT2D eigenvalue weighted by Gasteiger charge is -2.19. The van der Waals surface area contributed by atoms with Gasteiger partial charge in [0.25, 0.3) is 0 Å².